The fourth-order valence-corrected chi connectivity index (χ4v) is 3.41. The standard InChI is InChI=1S/C18H21BO4/c1-11(2)17-18(3,4)23-19(22-17)13-6-7-14-12(9-13)5-8-16(21)15(14)10-20/h5-11,17,21H,1-4H3. The van der Waals surface area contributed by atoms with Crippen LogP contribution in [0.25, 0.3) is 10.8 Å². The van der Waals surface area contributed by atoms with Crippen LogP contribution in [0.2, 0.25) is 0 Å². The van der Waals surface area contributed by atoms with Gasteiger partial charge in [0.15, 0.2) is 6.29 Å². The second kappa shape index (κ2) is 5.66. The monoisotopic (exact) mass is 312 g/mol. The second-order valence-corrected chi connectivity index (χ2v) is 6.95. The van der Waals surface area contributed by atoms with Crippen LogP contribution in [-0.4, -0.2) is 30.2 Å². The number of fused-ring (bicyclic) bond motifs is 1. The molecule has 0 bridgehead atoms. The van der Waals surface area contributed by atoms with E-state index >= 15 is 0 Å². The summed E-state index contributed by atoms with van der Waals surface area (Å²) in [6, 6.07) is 8.99. The Morgan fingerprint density at radius 2 is 2.00 bits per heavy atom. The van der Waals surface area contributed by atoms with Gasteiger partial charge in [-0.05, 0) is 42.1 Å². The van der Waals surface area contributed by atoms with Gasteiger partial charge in [-0.2, -0.15) is 0 Å². The summed E-state index contributed by atoms with van der Waals surface area (Å²) in [6.45, 7) is 8.33. The predicted molar refractivity (Wildman–Crippen MR) is 91.3 cm³/mol. The Hall–Kier alpha value is -1.85. The lowest BCUT2D eigenvalue weighted by atomic mass is 9.78. The number of phenols is 1. The summed E-state index contributed by atoms with van der Waals surface area (Å²) in [5, 5.41) is 11.4. The molecule has 1 aliphatic rings. The van der Waals surface area contributed by atoms with Crippen LogP contribution in [0.5, 0.6) is 5.75 Å². The molecule has 1 aliphatic heterocycles. The van der Waals surface area contributed by atoms with Gasteiger partial charge in [0.05, 0.1) is 17.3 Å². The molecule has 3 rings (SSSR count). The van der Waals surface area contributed by atoms with Gasteiger partial charge < -0.3 is 14.4 Å². The van der Waals surface area contributed by atoms with Gasteiger partial charge in [0.25, 0.3) is 0 Å². The van der Waals surface area contributed by atoms with Gasteiger partial charge in [-0.15, -0.1) is 0 Å². The molecule has 0 aromatic heterocycles. The Balaban J connectivity index is 1.99. The average Bonchev–Trinajstić information content (AvgIpc) is 2.82. The Bertz CT molecular complexity index is 754. The molecule has 23 heavy (non-hydrogen) atoms. The van der Waals surface area contributed by atoms with E-state index in [1.807, 2.05) is 32.0 Å². The first-order chi connectivity index (χ1) is 10.8. The molecule has 0 aliphatic carbocycles. The van der Waals surface area contributed by atoms with Crippen LogP contribution in [-0.2, 0) is 9.31 Å². The molecule has 0 spiro atoms. The zero-order chi connectivity index (χ0) is 16.8. The number of rotatable bonds is 3. The number of hydrogen-bond donors (Lipinski definition) is 1. The van der Waals surface area contributed by atoms with Crippen molar-refractivity contribution in [1.82, 2.24) is 0 Å². The molecule has 1 fully saturated rings. The van der Waals surface area contributed by atoms with Crippen LogP contribution in [0.4, 0.5) is 0 Å². The number of aromatic hydroxyl groups is 1. The molecule has 1 atom stereocenters. The maximum absolute atomic E-state index is 11.2. The third-order valence-electron chi connectivity index (χ3n) is 4.42. The molecule has 0 amide bonds. The van der Waals surface area contributed by atoms with Crippen LogP contribution < -0.4 is 5.46 Å². The third-order valence-corrected chi connectivity index (χ3v) is 4.42. The van der Waals surface area contributed by atoms with Crippen molar-refractivity contribution < 1.29 is 19.2 Å². The molecular weight excluding hydrogens is 291 g/mol. The molecule has 4 nitrogen and oxygen atoms in total. The highest BCUT2D eigenvalue weighted by molar-refractivity contribution is 6.62. The molecule has 0 radical (unpaired) electrons. The first-order valence-electron chi connectivity index (χ1n) is 7.87. The quantitative estimate of drug-likeness (QED) is 0.699. The Labute approximate surface area is 136 Å². The van der Waals surface area contributed by atoms with Crippen molar-refractivity contribution in [3.63, 3.8) is 0 Å². The minimum absolute atomic E-state index is 0.00498. The lowest BCUT2D eigenvalue weighted by Gasteiger charge is -2.28. The maximum atomic E-state index is 11.2. The number of hydrogen-bond acceptors (Lipinski definition) is 4. The zero-order valence-corrected chi connectivity index (χ0v) is 13.9. The molecule has 1 heterocycles. The van der Waals surface area contributed by atoms with Crippen molar-refractivity contribution in [1.29, 1.82) is 0 Å². The van der Waals surface area contributed by atoms with E-state index < -0.39 is 7.12 Å². The van der Waals surface area contributed by atoms with Crippen LogP contribution in [0.15, 0.2) is 30.3 Å². The van der Waals surface area contributed by atoms with E-state index in [2.05, 4.69) is 13.8 Å². The first kappa shape index (κ1) is 16.0. The van der Waals surface area contributed by atoms with Gasteiger partial charge in [-0.1, -0.05) is 38.1 Å². The molecule has 120 valence electrons. The topological polar surface area (TPSA) is 55.8 Å². The van der Waals surface area contributed by atoms with Gasteiger partial charge in [0.1, 0.15) is 5.75 Å². The molecule has 1 unspecified atom stereocenters. The van der Waals surface area contributed by atoms with E-state index in [9.17, 15) is 9.90 Å². The molecule has 2 aromatic carbocycles. The van der Waals surface area contributed by atoms with Crippen molar-refractivity contribution >= 4 is 29.6 Å². The molecular formula is C18H21BO4. The molecule has 2 aromatic rings. The summed E-state index contributed by atoms with van der Waals surface area (Å²) in [6.07, 6.45) is 0.700. The summed E-state index contributed by atoms with van der Waals surface area (Å²) in [5.41, 5.74) is 0.871. The van der Waals surface area contributed by atoms with Gasteiger partial charge >= 0.3 is 7.12 Å². The number of phenolic OH excluding ortho intramolecular Hbond substituents is 1. The van der Waals surface area contributed by atoms with Gasteiger partial charge in [-0.25, -0.2) is 0 Å². The zero-order valence-electron chi connectivity index (χ0n) is 13.9. The highest BCUT2D eigenvalue weighted by atomic mass is 16.7. The van der Waals surface area contributed by atoms with E-state index in [1.165, 1.54) is 6.07 Å². The van der Waals surface area contributed by atoms with Crippen molar-refractivity contribution in [2.45, 2.75) is 39.4 Å². The lowest BCUT2D eigenvalue weighted by Crippen LogP contribution is -2.37. The summed E-state index contributed by atoms with van der Waals surface area (Å²) in [4.78, 5) is 11.2. The maximum Gasteiger partial charge on any atom is 0.494 e. The average molecular weight is 312 g/mol. The molecule has 1 saturated heterocycles. The second-order valence-electron chi connectivity index (χ2n) is 6.95. The summed E-state index contributed by atoms with van der Waals surface area (Å²) in [5.74, 6) is 0.351. The van der Waals surface area contributed by atoms with Crippen molar-refractivity contribution in [3.8, 4) is 5.75 Å². The van der Waals surface area contributed by atoms with Gasteiger partial charge in [0, 0.05) is 0 Å². The van der Waals surface area contributed by atoms with Crippen molar-refractivity contribution in [2.75, 3.05) is 0 Å². The fraction of sp³-hybridized carbons (Fsp3) is 0.389. The third kappa shape index (κ3) is 2.75. The predicted octanol–water partition coefficient (Wildman–Crippen LogP) is 2.90. The van der Waals surface area contributed by atoms with Gasteiger partial charge in [-0.3, -0.25) is 4.79 Å². The summed E-state index contributed by atoms with van der Waals surface area (Å²) in [7, 11) is -0.421. The Morgan fingerprint density at radius 3 is 2.61 bits per heavy atom. The smallest absolute Gasteiger partial charge is 0.494 e. The Morgan fingerprint density at radius 1 is 1.26 bits per heavy atom. The van der Waals surface area contributed by atoms with Crippen molar-refractivity contribution in [3.05, 3.63) is 35.9 Å². The minimum atomic E-state index is -0.421. The highest BCUT2D eigenvalue weighted by Gasteiger charge is 2.47. The number of carbonyl (C=O) groups excluding carboxylic acids is 1. The number of carbonyl (C=O) groups is 1. The first-order valence-corrected chi connectivity index (χ1v) is 7.87. The molecule has 5 heteroatoms. The Kier molecular flexibility index (Phi) is 3.94. The van der Waals surface area contributed by atoms with E-state index in [0.717, 1.165) is 16.2 Å². The molecule has 0 saturated carbocycles. The largest absolute Gasteiger partial charge is 0.507 e. The van der Waals surface area contributed by atoms with E-state index in [0.29, 0.717) is 17.8 Å². The fourth-order valence-electron chi connectivity index (χ4n) is 3.41. The molecule has 1 N–H and O–H groups in total. The van der Waals surface area contributed by atoms with Gasteiger partial charge in [0.2, 0.25) is 0 Å². The normalized spacial score (nSPS) is 20.4. The highest BCUT2D eigenvalue weighted by Crippen LogP contribution is 2.32. The van der Waals surface area contributed by atoms with E-state index in [-0.39, 0.29) is 17.5 Å². The van der Waals surface area contributed by atoms with E-state index in [4.69, 9.17) is 9.31 Å². The van der Waals surface area contributed by atoms with E-state index in [1.54, 1.807) is 6.07 Å². The van der Waals surface area contributed by atoms with Crippen molar-refractivity contribution in [2.24, 2.45) is 5.92 Å². The summed E-state index contributed by atoms with van der Waals surface area (Å²) < 4.78 is 12.2. The number of aldehydes is 1. The summed E-state index contributed by atoms with van der Waals surface area (Å²) >= 11 is 0. The van der Waals surface area contributed by atoms with Crippen LogP contribution in [0.1, 0.15) is 38.1 Å². The lowest BCUT2D eigenvalue weighted by molar-refractivity contribution is 0.0438. The number of benzene rings is 2. The van der Waals surface area contributed by atoms with Crippen LogP contribution >= 0.6 is 0 Å². The van der Waals surface area contributed by atoms with Crippen LogP contribution in [0.3, 0.4) is 0 Å². The minimum Gasteiger partial charge on any atom is -0.507 e. The van der Waals surface area contributed by atoms with Crippen LogP contribution in [0, 0.1) is 5.92 Å². The SMILES string of the molecule is CC(C)C1OB(c2ccc3c(C=O)c(O)ccc3c2)OC1(C)C.